The van der Waals surface area contributed by atoms with Crippen LogP contribution in [0.15, 0.2) is 12.1 Å². The summed E-state index contributed by atoms with van der Waals surface area (Å²) in [6.07, 6.45) is 0.590. The van der Waals surface area contributed by atoms with Crippen LogP contribution in [0.3, 0.4) is 0 Å². The van der Waals surface area contributed by atoms with E-state index < -0.39 is 12.0 Å². The van der Waals surface area contributed by atoms with Crippen LogP contribution in [-0.2, 0) is 17.6 Å². The van der Waals surface area contributed by atoms with Crippen LogP contribution >= 0.6 is 0 Å². The maximum atomic E-state index is 13.7. The highest BCUT2D eigenvalue weighted by Crippen LogP contribution is 2.24. The zero-order valence-electron chi connectivity index (χ0n) is 9.87. The van der Waals surface area contributed by atoms with Crippen molar-refractivity contribution in [1.29, 1.82) is 0 Å². The van der Waals surface area contributed by atoms with Crippen molar-refractivity contribution in [3.63, 3.8) is 0 Å². The molecule has 5 heteroatoms. The van der Waals surface area contributed by atoms with Crippen molar-refractivity contribution in [3.8, 4) is 5.75 Å². The highest BCUT2D eigenvalue weighted by molar-refractivity contribution is 5.73. The number of ether oxygens (including phenoxy) is 1. The largest absolute Gasteiger partial charge is 0.496 e. The van der Waals surface area contributed by atoms with Crippen LogP contribution < -0.4 is 10.5 Å². The number of aliphatic carboxylic acids is 1. The number of methoxy groups -OCH3 is 1. The summed E-state index contributed by atoms with van der Waals surface area (Å²) < 4.78 is 18.8. The minimum absolute atomic E-state index is 0.0760. The van der Waals surface area contributed by atoms with Gasteiger partial charge in [-0.2, -0.15) is 0 Å². The molecule has 4 nitrogen and oxygen atoms in total. The summed E-state index contributed by atoms with van der Waals surface area (Å²) in [5.41, 5.74) is 6.40. The van der Waals surface area contributed by atoms with Crippen LogP contribution in [-0.4, -0.2) is 24.2 Å². The molecule has 1 aromatic carbocycles. The first-order chi connectivity index (χ1) is 7.99. The Balaban J connectivity index is 3.03. The Morgan fingerprint density at radius 1 is 1.59 bits per heavy atom. The SMILES string of the molecule is CCc1c(F)cc(CC(N)C(=O)O)cc1OC. The van der Waals surface area contributed by atoms with Gasteiger partial charge in [0.05, 0.1) is 7.11 Å². The van der Waals surface area contributed by atoms with Crippen LogP contribution in [0.1, 0.15) is 18.1 Å². The molecule has 1 unspecified atom stereocenters. The molecule has 1 aromatic rings. The molecule has 0 spiro atoms. The molecule has 1 atom stereocenters. The molecule has 17 heavy (non-hydrogen) atoms. The van der Waals surface area contributed by atoms with Gasteiger partial charge in [-0.3, -0.25) is 4.79 Å². The average Bonchev–Trinajstić information content (AvgIpc) is 2.27. The highest BCUT2D eigenvalue weighted by atomic mass is 19.1. The fourth-order valence-corrected chi connectivity index (χ4v) is 1.65. The van der Waals surface area contributed by atoms with Gasteiger partial charge in [0.2, 0.25) is 0 Å². The first-order valence-corrected chi connectivity index (χ1v) is 5.33. The number of halogens is 1. The van der Waals surface area contributed by atoms with E-state index in [-0.39, 0.29) is 12.2 Å². The van der Waals surface area contributed by atoms with Crippen molar-refractivity contribution in [2.24, 2.45) is 5.73 Å². The average molecular weight is 241 g/mol. The molecule has 0 aromatic heterocycles. The van der Waals surface area contributed by atoms with E-state index >= 15 is 0 Å². The molecule has 0 fully saturated rings. The fourth-order valence-electron chi connectivity index (χ4n) is 1.65. The monoisotopic (exact) mass is 241 g/mol. The van der Waals surface area contributed by atoms with E-state index in [9.17, 15) is 9.18 Å². The molecule has 3 N–H and O–H groups in total. The van der Waals surface area contributed by atoms with Gasteiger partial charge in [0, 0.05) is 5.56 Å². The Hall–Kier alpha value is -1.62. The van der Waals surface area contributed by atoms with E-state index in [2.05, 4.69) is 0 Å². The maximum absolute atomic E-state index is 13.7. The lowest BCUT2D eigenvalue weighted by Gasteiger charge is -2.12. The second-order valence-electron chi connectivity index (χ2n) is 3.76. The lowest BCUT2D eigenvalue weighted by Crippen LogP contribution is -2.32. The molecule has 1 rings (SSSR count). The molecule has 0 aliphatic carbocycles. The van der Waals surface area contributed by atoms with Crippen molar-refractivity contribution < 1.29 is 19.0 Å². The van der Waals surface area contributed by atoms with Crippen molar-refractivity contribution in [3.05, 3.63) is 29.1 Å². The zero-order valence-corrected chi connectivity index (χ0v) is 9.87. The molecule has 0 bridgehead atoms. The summed E-state index contributed by atoms with van der Waals surface area (Å²) in [4.78, 5) is 10.6. The lowest BCUT2D eigenvalue weighted by molar-refractivity contribution is -0.138. The Kier molecular flexibility index (Phi) is 4.45. The van der Waals surface area contributed by atoms with Crippen molar-refractivity contribution in [2.45, 2.75) is 25.8 Å². The normalized spacial score (nSPS) is 12.2. The third-order valence-corrected chi connectivity index (χ3v) is 2.56. The molecule has 0 aliphatic rings. The molecular formula is C12H16FNO3. The molecule has 0 aliphatic heterocycles. The summed E-state index contributed by atoms with van der Waals surface area (Å²) in [6.45, 7) is 1.82. The minimum Gasteiger partial charge on any atom is -0.496 e. The van der Waals surface area contributed by atoms with E-state index in [1.807, 2.05) is 6.92 Å². The Bertz CT molecular complexity index is 420. The summed E-state index contributed by atoms with van der Waals surface area (Å²) in [7, 11) is 1.45. The number of hydrogen-bond acceptors (Lipinski definition) is 3. The van der Waals surface area contributed by atoms with Crippen LogP contribution in [0.5, 0.6) is 5.75 Å². The van der Waals surface area contributed by atoms with Crippen molar-refractivity contribution in [2.75, 3.05) is 7.11 Å². The predicted octanol–water partition coefficient (Wildman–Crippen LogP) is 1.35. The van der Waals surface area contributed by atoms with Crippen LogP contribution in [0.25, 0.3) is 0 Å². The van der Waals surface area contributed by atoms with E-state index in [0.717, 1.165) is 0 Å². The highest BCUT2D eigenvalue weighted by Gasteiger charge is 2.15. The Labute approximate surface area is 99.2 Å². The topological polar surface area (TPSA) is 72.6 Å². The summed E-state index contributed by atoms with van der Waals surface area (Å²) >= 11 is 0. The van der Waals surface area contributed by atoms with Crippen LogP contribution in [0.4, 0.5) is 4.39 Å². The lowest BCUT2D eigenvalue weighted by atomic mass is 10.0. The number of benzene rings is 1. The molecule has 0 amide bonds. The standard InChI is InChI=1S/C12H16FNO3/c1-3-8-9(13)4-7(6-11(8)17-2)5-10(14)12(15)16/h4,6,10H,3,5,14H2,1-2H3,(H,15,16). The summed E-state index contributed by atoms with van der Waals surface area (Å²) in [5.74, 6) is -1.07. The van der Waals surface area contributed by atoms with E-state index in [1.54, 1.807) is 6.07 Å². The molecule has 0 heterocycles. The molecule has 0 saturated heterocycles. The summed E-state index contributed by atoms with van der Waals surface area (Å²) in [6, 6.07) is 1.90. The minimum atomic E-state index is -1.11. The maximum Gasteiger partial charge on any atom is 0.320 e. The van der Waals surface area contributed by atoms with Crippen LogP contribution in [0, 0.1) is 5.82 Å². The van der Waals surface area contributed by atoms with Gasteiger partial charge in [0.1, 0.15) is 17.6 Å². The van der Waals surface area contributed by atoms with Gasteiger partial charge in [0.15, 0.2) is 0 Å². The smallest absolute Gasteiger partial charge is 0.320 e. The van der Waals surface area contributed by atoms with Gasteiger partial charge in [-0.1, -0.05) is 6.92 Å². The number of carboxylic acids is 1. The first kappa shape index (κ1) is 13.4. The predicted molar refractivity (Wildman–Crippen MR) is 61.6 cm³/mol. The second-order valence-corrected chi connectivity index (χ2v) is 3.76. The van der Waals surface area contributed by atoms with E-state index in [4.69, 9.17) is 15.6 Å². The third-order valence-electron chi connectivity index (χ3n) is 2.56. The molecule has 94 valence electrons. The van der Waals surface area contributed by atoms with Crippen molar-refractivity contribution in [1.82, 2.24) is 0 Å². The fraction of sp³-hybridized carbons (Fsp3) is 0.417. The van der Waals surface area contributed by atoms with E-state index in [1.165, 1.54) is 13.2 Å². The molecular weight excluding hydrogens is 225 g/mol. The van der Waals surface area contributed by atoms with Crippen LogP contribution in [0.2, 0.25) is 0 Å². The Morgan fingerprint density at radius 3 is 2.71 bits per heavy atom. The van der Waals surface area contributed by atoms with Gasteiger partial charge < -0.3 is 15.6 Å². The first-order valence-electron chi connectivity index (χ1n) is 5.33. The van der Waals surface area contributed by atoms with Gasteiger partial charge in [-0.05, 0) is 30.5 Å². The molecule has 0 saturated carbocycles. The summed E-state index contributed by atoms with van der Waals surface area (Å²) in [5, 5.41) is 8.69. The number of carbonyl (C=O) groups is 1. The number of rotatable bonds is 5. The van der Waals surface area contributed by atoms with Gasteiger partial charge in [-0.25, -0.2) is 4.39 Å². The second kappa shape index (κ2) is 5.63. The zero-order chi connectivity index (χ0) is 13.0. The third kappa shape index (κ3) is 3.17. The number of hydrogen-bond donors (Lipinski definition) is 2. The van der Waals surface area contributed by atoms with Crippen molar-refractivity contribution >= 4 is 5.97 Å². The van der Waals surface area contributed by atoms with Gasteiger partial charge in [-0.15, -0.1) is 0 Å². The quantitative estimate of drug-likeness (QED) is 0.816. The number of carboxylic acid groups (broad SMARTS) is 1. The van der Waals surface area contributed by atoms with Gasteiger partial charge in [0.25, 0.3) is 0 Å². The molecule has 0 radical (unpaired) electrons. The number of nitrogens with two attached hydrogens (primary N) is 1. The van der Waals surface area contributed by atoms with Gasteiger partial charge >= 0.3 is 5.97 Å². The van der Waals surface area contributed by atoms with E-state index in [0.29, 0.717) is 23.3 Å². The Morgan fingerprint density at radius 2 is 2.24 bits per heavy atom.